The van der Waals surface area contributed by atoms with Gasteiger partial charge in [0.25, 0.3) is 5.91 Å². The third-order valence-electron chi connectivity index (χ3n) is 4.24. The molecule has 0 aromatic heterocycles. The van der Waals surface area contributed by atoms with Crippen molar-refractivity contribution in [1.29, 1.82) is 0 Å². The molecular formula is C17H27NO4Si. The van der Waals surface area contributed by atoms with Crippen LogP contribution in [-0.4, -0.2) is 40.0 Å². The molecule has 1 aromatic carbocycles. The van der Waals surface area contributed by atoms with E-state index in [1.54, 1.807) is 24.3 Å². The lowest BCUT2D eigenvalue weighted by molar-refractivity contribution is -0.143. The van der Waals surface area contributed by atoms with Crippen LogP contribution in [0.25, 0.3) is 0 Å². The summed E-state index contributed by atoms with van der Waals surface area (Å²) in [6.45, 7) is 10.7. The Morgan fingerprint density at radius 3 is 2.22 bits per heavy atom. The van der Waals surface area contributed by atoms with Crippen molar-refractivity contribution in [2.45, 2.75) is 44.9 Å². The van der Waals surface area contributed by atoms with Gasteiger partial charge in [0.15, 0.2) is 8.32 Å². The smallest absolute Gasteiger partial charge is 0.330 e. The molecule has 0 aliphatic carbocycles. The first-order chi connectivity index (χ1) is 10.6. The first kappa shape index (κ1) is 19.4. The minimum absolute atomic E-state index is 0.0249. The first-order valence-electron chi connectivity index (χ1n) is 7.66. The summed E-state index contributed by atoms with van der Waals surface area (Å²) in [5, 5.41) is 2.72. The zero-order valence-corrected chi connectivity index (χ0v) is 15.8. The van der Waals surface area contributed by atoms with Crippen LogP contribution in [0.4, 0.5) is 0 Å². The third kappa shape index (κ3) is 5.48. The maximum absolute atomic E-state index is 12.2. The van der Waals surface area contributed by atoms with Crippen LogP contribution in [-0.2, 0) is 14.0 Å². The lowest BCUT2D eigenvalue weighted by Gasteiger charge is -2.37. The fourth-order valence-electron chi connectivity index (χ4n) is 1.65. The van der Waals surface area contributed by atoms with Crippen molar-refractivity contribution in [3.63, 3.8) is 0 Å². The highest BCUT2D eigenvalue weighted by Crippen LogP contribution is 2.36. The van der Waals surface area contributed by atoms with E-state index in [0.29, 0.717) is 5.56 Å². The average molecular weight is 337 g/mol. The predicted octanol–water partition coefficient (Wildman–Crippen LogP) is 2.98. The minimum Gasteiger partial charge on any atom is -0.467 e. The van der Waals surface area contributed by atoms with Crippen LogP contribution in [0.5, 0.6) is 0 Å². The number of rotatable bonds is 6. The number of ether oxygens (including phenoxy) is 1. The molecule has 128 valence electrons. The summed E-state index contributed by atoms with van der Waals surface area (Å²) in [6.07, 6.45) is 0. The summed E-state index contributed by atoms with van der Waals surface area (Å²) < 4.78 is 10.8. The molecule has 1 N–H and O–H groups in total. The number of methoxy groups -OCH3 is 1. The lowest BCUT2D eigenvalue weighted by Crippen LogP contribution is -2.49. The topological polar surface area (TPSA) is 64.6 Å². The molecule has 5 nitrogen and oxygen atoms in total. The zero-order chi connectivity index (χ0) is 17.7. The van der Waals surface area contributed by atoms with Gasteiger partial charge < -0.3 is 14.5 Å². The normalized spacial score (nSPS) is 13.3. The van der Waals surface area contributed by atoms with Gasteiger partial charge in [-0.3, -0.25) is 4.79 Å². The quantitative estimate of drug-likeness (QED) is 0.640. The van der Waals surface area contributed by atoms with E-state index >= 15 is 0 Å². The SMILES string of the molecule is COC(=O)[C@@H](CO[Si](C)(C)C(C)(C)C)NC(=O)c1ccccc1. The maximum atomic E-state index is 12.2. The molecule has 0 unspecified atom stereocenters. The Hall–Kier alpha value is -1.66. The minimum atomic E-state index is -2.02. The Bertz CT molecular complexity index is 537. The number of carbonyl (C=O) groups excluding carboxylic acids is 2. The Morgan fingerprint density at radius 2 is 1.74 bits per heavy atom. The summed E-state index contributed by atoms with van der Waals surface area (Å²) in [4.78, 5) is 24.2. The van der Waals surface area contributed by atoms with Gasteiger partial charge in [-0.2, -0.15) is 0 Å². The van der Waals surface area contributed by atoms with Gasteiger partial charge in [-0.1, -0.05) is 39.0 Å². The molecule has 0 radical (unpaired) electrons. The molecule has 0 spiro atoms. The van der Waals surface area contributed by atoms with Gasteiger partial charge in [-0.05, 0) is 30.3 Å². The average Bonchev–Trinajstić information content (AvgIpc) is 2.50. The number of hydrogen-bond donors (Lipinski definition) is 1. The molecular weight excluding hydrogens is 310 g/mol. The van der Waals surface area contributed by atoms with E-state index < -0.39 is 20.3 Å². The molecule has 1 aromatic rings. The number of benzene rings is 1. The second-order valence-corrected chi connectivity index (χ2v) is 11.8. The number of carbonyl (C=O) groups is 2. The first-order valence-corrected chi connectivity index (χ1v) is 10.6. The molecule has 6 heteroatoms. The van der Waals surface area contributed by atoms with Gasteiger partial charge in [0, 0.05) is 5.56 Å². The maximum Gasteiger partial charge on any atom is 0.330 e. The summed E-state index contributed by atoms with van der Waals surface area (Å²) >= 11 is 0. The highest BCUT2D eigenvalue weighted by molar-refractivity contribution is 6.74. The molecule has 0 saturated carbocycles. The Kier molecular flexibility index (Phi) is 6.53. The van der Waals surface area contributed by atoms with Crippen LogP contribution in [0, 0.1) is 0 Å². The highest BCUT2D eigenvalue weighted by Gasteiger charge is 2.38. The number of nitrogens with one attached hydrogen (secondary N) is 1. The summed E-state index contributed by atoms with van der Waals surface area (Å²) in [6, 6.07) is 7.94. The fraction of sp³-hybridized carbons (Fsp3) is 0.529. The molecule has 1 atom stereocenters. The van der Waals surface area contributed by atoms with Gasteiger partial charge >= 0.3 is 5.97 Å². The summed E-state index contributed by atoms with van der Waals surface area (Å²) in [7, 11) is -0.714. The highest BCUT2D eigenvalue weighted by atomic mass is 28.4. The van der Waals surface area contributed by atoms with Gasteiger partial charge in [-0.15, -0.1) is 0 Å². The number of esters is 1. The van der Waals surface area contributed by atoms with Gasteiger partial charge in [0.05, 0.1) is 13.7 Å². The van der Waals surface area contributed by atoms with Crippen molar-refractivity contribution in [2.75, 3.05) is 13.7 Å². The van der Waals surface area contributed by atoms with E-state index in [-0.39, 0.29) is 17.6 Å². The molecule has 0 aliphatic heterocycles. The van der Waals surface area contributed by atoms with E-state index in [0.717, 1.165) is 0 Å². The van der Waals surface area contributed by atoms with E-state index in [2.05, 4.69) is 39.2 Å². The van der Waals surface area contributed by atoms with Crippen LogP contribution >= 0.6 is 0 Å². The second-order valence-electron chi connectivity index (χ2n) is 6.99. The number of amides is 1. The van der Waals surface area contributed by atoms with Crippen LogP contribution in [0.1, 0.15) is 31.1 Å². The Balaban J connectivity index is 2.78. The Morgan fingerprint density at radius 1 is 1.17 bits per heavy atom. The fourth-order valence-corrected chi connectivity index (χ4v) is 2.67. The van der Waals surface area contributed by atoms with Crippen molar-refractivity contribution in [1.82, 2.24) is 5.32 Å². The van der Waals surface area contributed by atoms with Crippen LogP contribution in [0.15, 0.2) is 30.3 Å². The van der Waals surface area contributed by atoms with E-state index in [1.165, 1.54) is 7.11 Å². The molecule has 23 heavy (non-hydrogen) atoms. The van der Waals surface area contributed by atoms with Gasteiger partial charge in [0.2, 0.25) is 0 Å². The Labute approximate surface area is 139 Å². The largest absolute Gasteiger partial charge is 0.467 e. The van der Waals surface area contributed by atoms with E-state index in [9.17, 15) is 9.59 Å². The van der Waals surface area contributed by atoms with Crippen molar-refractivity contribution in [3.05, 3.63) is 35.9 Å². The molecule has 0 bridgehead atoms. The van der Waals surface area contributed by atoms with E-state index in [1.807, 2.05) is 6.07 Å². The van der Waals surface area contributed by atoms with E-state index in [4.69, 9.17) is 9.16 Å². The third-order valence-corrected chi connectivity index (χ3v) is 8.74. The summed E-state index contributed by atoms with van der Waals surface area (Å²) in [5.74, 6) is -0.826. The lowest BCUT2D eigenvalue weighted by atomic mass is 10.2. The van der Waals surface area contributed by atoms with Crippen LogP contribution < -0.4 is 5.32 Å². The second kappa shape index (κ2) is 7.74. The van der Waals surface area contributed by atoms with Gasteiger partial charge in [0.1, 0.15) is 6.04 Å². The van der Waals surface area contributed by atoms with Crippen molar-refractivity contribution in [3.8, 4) is 0 Å². The molecule has 1 amide bonds. The monoisotopic (exact) mass is 337 g/mol. The van der Waals surface area contributed by atoms with Crippen molar-refractivity contribution >= 4 is 20.2 Å². The molecule has 0 heterocycles. The molecule has 1 rings (SSSR count). The van der Waals surface area contributed by atoms with Crippen LogP contribution in [0.2, 0.25) is 18.1 Å². The standard InChI is InChI=1S/C17H27NO4Si/c1-17(2,3)23(5,6)22-12-14(16(20)21-4)18-15(19)13-10-8-7-9-11-13/h7-11,14H,12H2,1-6H3,(H,18,19)/t14-/m1/s1. The number of hydrogen-bond acceptors (Lipinski definition) is 4. The molecule has 0 fully saturated rings. The molecule has 0 saturated heterocycles. The van der Waals surface area contributed by atoms with Crippen molar-refractivity contribution in [2.24, 2.45) is 0 Å². The van der Waals surface area contributed by atoms with Gasteiger partial charge in [-0.25, -0.2) is 4.79 Å². The molecule has 0 aliphatic rings. The predicted molar refractivity (Wildman–Crippen MR) is 92.9 cm³/mol. The zero-order valence-electron chi connectivity index (χ0n) is 14.8. The van der Waals surface area contributed by atoms with Crippen molar-refractivity contribution < 1.29 is 18.8 Å². The summed E-state index contributed by atoms with van der Waals surface area (Å²) in [5.41, 5.74) is 0.494. The van der Waals surface area contributed by atoms with Crippen LogP contribution in [0.3, 0.4) is 0 Å².